The minimum absolute atomic E-state index is 0.00361. The number of allylic oxidation sites excluding steroid dienone is 2. The first-order valence-electron chi connectivity index (χ1n) is 5.31. The van der Waals surface area contributed by atoms with Crippen LogP contribution in [0.5, 0.6) is 0 Å². The van der Waals surface area contributed by atoms with E-state index in [4.69, 9.17) is 0 Å². The maximum atomic E-state index is 11.2. The van der Waals surface area contributed by atoms with E-state index in [0.29, 0.717) is 12.0 Å². The Morgan fingerprint density at radius 1 is 1.25 bits per heavy atom. The molecule has 84 valence electrons. The summed E-state index contributed by atoms with van der Waals surface area (Å²) in [7, 11) is 0. The fourth-order valence-electron chi connectivity index (χ4n) is 1.64. The molecular weight excluding hydrogens is 200 g/mol. The summed E-state index contributed by atoms with van der Waals surface area (Å²) < 4.78 is 0. The van der Waals surface area contributed by atoms with Gasteiger partial charge in [0.15, 0.2) is 0 Å². The lowest BCUT2D eigenvalue weighted by Gasteiger charge is -2.11. The average molecular weight is 216 g/mol. The molecule has 0 heterocycles. The van der Waals surface area contributed by atoms with Gasteiger partial charge < -0.3 is 0 Å². The number of benzene rings is 1. The zero-order valence-electron chi connectivity index (χ0n) is 9.64. The Balaban J connectivity index is 2.96. The molecule has 2 heteroatoms. The number of hydrogen-bond acceptors (Lipinski definition) is 2. The first-order chi connectivity index (χ1) is 7.63. The minimum Gasteiger partial charge on any atom is -0.300 e. The van der Waals surface area contributed by atoms with Crippen LogP contribution in [0.1, 0.15) is 31.7 Å². The molecule has 0 aliphatic heterocycles. The molecule has 0 saturated heterocycles. The lowest BCUT2D eigenvalue weighted by atomic mass is 9.92. The summed E-state index contributed by atoms with van der Waals surface area (Å²) in [5.41, 5.74) is 1.73. The maximum absolute atomic E-state index is 11.2. The molecule has 1 atom stereocenters. The third kappa shape index (κ3) is 3.81. The van der Waals surface area contributed by atoms with Gasteiger partial charge in [-0.05, 0) is 25.0 Å². The Morgan fingerprint density at radius 3 is 2.38 bits per heavy atom. The van der Waals surface area contributed by atoms with E-state index < -0.39 is 0 Å². The molecule has 0 saturated carbocycles. The molecule has 1 aromatic carbocycles. The number of Topliss-reactive ketones (excluding diaryl/α,β-unsaturated/α-hetero) is 1. The Bertz CT molecular complexity index is 390. The van der Waals surface area contributed by atoms with Crippen LogP contribution in [0.4, 0.5) is 0 Å². The van der Waals surface area contributed by atoms with Crippen molar-refractivity contribution < 1.29 is 9.59 Å². The molecule has 2 nitrogen and oxygen atoms in total. The van der Waals surface area contributed by atoms with Gasteiger partial charge in [-0.1, -0.05) is 36.4 Å². The smallest absolute Gasteiger partial charge is 0.145 e. The van der Waals surface area contributed by atoms with Crippen molar-refractivity contribution in [3.63, 3.8) is 0 Å². The molecule has 0 amide bonds. The number of carbonyl (C=O) groups is 2. The summed E-state index contributed by atoms with van der Waals surface area (Å²) in [5, 5.41) is 0. The first-order valence-corrected chi connectivity index (χ1v) is 5.31. The normalized spacial score (nSPS) is 13.2. The van der Waals surface area contributed by atoms with Gasteiger partial charge in [0.2, 0.25) is 0 Å². The van der Waals surface area contributed by atoms with Crippen molar-refractivity contribution in [2.45, 2.75) is 26.2 Å². The highest BCUT2D eigenvalue weighted by molar-refractivity contribution is 5.78. The first kappa shape index (κ1) is 12.4. The molecule has 0 radical (unpaired) electrons. The van der Waals surface area contributed by atoms with E-state index in [1.165, 1.54) is 0 Å². The van der Waals surface area contributed by atoms with E-state index in [-0.39, 0.29) is 11.7 Å². The van der Waals surface area contributed by atoms with E-state index in [1.54, 1.807) is 13.8 Å². The minimum atomic E-state index is 0.00361. The molecular formula is C14H16O2. The molecule has 1 unspecified atom stereocenters. The Hall–Kier alpha value is -1.70. The zero-order chi connectivity index (χ0) is 12.0. The summed E-state index contributed by atoms with van der Waals surface area (Å²) in [4.78, 5) is 21.8. The second-order valence-electron chi connectivity index (χ2n) is 3.95. The second-order valence-corrected chi connectivity index (χ2v) is 3.95. The highest BCUT2D eigenvalue weighted by Gasteiger charge is 2.11. The maximum Gasteiger partial charge on any atom is 0.145 e. The van der Waals surface area contributed by atoms with Gasteiger partial charge in [0.25, 0.3) is 0 Å². The highest BCUT2D eigenvalue weighted by Crippen LogP contribution is 2.22. The predicted octanol–water partition coefficient (Wildman–Crippen LogP) is 2.89. The van der Waals surface area contributed by atoms with Gasteiger partial charge in [-0.3, -0.25) is 9.59 Å². The molecule has 0 aromatic heterocycles. The van der Waals surface area contributed by atoms with Gasteiger partial charge in [0, 0.05) is 12.3 Å². The van der Waals surface area contributed by atoms with Crippen molar-refractivity contribution in [2.24, 2.45) is 0 Å². The zero-order valence-corrected chi connectivity index (χ0v) is 9.64. The lowest BCUT2D eigenvalue weighted by molar-refractivity contribution is -0.117. The third-order valence-electron chi connectivity index (χ3n) is 2.39. The van der Waals surface area contributed by atoms with Gasteiger partial charge in [0.05, 0.1) is 0 Å². The quantitative estimate of drug-likeness (QED) is 0.560. The summed E-state index contributed by atoms with van der Waals surface area (Å²) in [6.45, 7) is 3.32. The topological polar surface area (TPSA) is 34.1 Å². The molecule has 16 heavy (non-hydrogen) atoms. The third-order valence-corrected chi connectivity index (χ3v) is 2.39. The summed E-state index contributed by atoms with van der Waals surface area (Å²) in [6, 6.07) is 9.76. The number of aldehydes is 1. The van der Waals surface area contributed by atoms with Gasteiger partial charge in [-0.2, -0.15) is 0 Å². The van der Waals surface area contributed by atoms with Crippen LogP contribution in [-0.2, 0) is 9.59 Å². The Morgan fingerprint density at radius 2 is 1.88 bits per heavy atom. The number of rotatable bonds is 5. The Labute approximate surface area is 96.0 Å². The van der Waals surface area contributed by atoms with Crippen molar-refractivity contribution in [1.29, 1.82) is 0 Å². The van der Waals surface area contributed by atoms with Crippen molar-refractivity contribution in [3.8, 4) is 0 Å². The van der Waals surface area contributed by atoms with Crippen LogP contribution in [0.2, 0.25) is 0 Å². The van der Waals surface area contributed by atoms with Gasteiger partial charge in [-0.15, -0.1) is 0 Å². The molecule has 0 aliphatic carbocycles. The summed E-state index contributed by atoms with van der Waals surface area (Å²) in [6.07, 6.45) is 3.11. The van der Waals surface area contributed by atoms with Crippen molar-refractivity contribution in [2.75, 3.05) is 0 Å². The fraction of sp³-hybridized carbons (Fsp3) is 0.286. The van der Waals surface area contributed by atoms with E-state index >= 15 is 0 Å². The number of ketones is 1. The van der Waals surface area contributed by atoms with Gasteiger partial charge in [-0.25, -0.2) is 0 Å². The summed E-state index contributed by atoms with van der Waals surface area (Å²) >= 11 is 0. The average Bonchev–Trinajstić information content (AvgIpc) is 2.28. The van der Waals surface area contributed by atoms with Crippen LogP contribution in [0.3, 0.4) is 0 Å². The number of hydrogen-bond donors (Lipinski definition) is 0. The summed E-state index contributed by atoms with van der Waals surface area (Å²) in [5.74, 6) is 0.132. The molecule has 0 N–H and O–H groups in total. The van der Waals surface area contributed by atoms with Gasteiger partial charge >= 0.3 is 0 Å². The second kappa shape index (κ2) is 6.01. The molecule has 0 bridgehead atoms. The predicted molar refractivity (Wildman–Crippen MR) is 64.3 cm³/mol. The fourth-order valence-corrected chi connectivity index (χ4v) is 1.64. The van der Waals surface area contributed by atoms with Crippen LogP contribution >= 0.6 is 0 Å². The SMILES string of the molecule is CC(=O)CC(/C=C(\C)C=O)c1ccccc1. The monoisotopic (exact) mass is 216 g/mol. The van der Waals surface area contributed by atoms with Crippen LogP contribution in [-0.4, -0.2) is 12.1 Å². The van der Waals surface area contributed by atoms with E-state index in [1.807, 2.05) is 36.4 Å². The van der Waals surface area contributed by atoms with Crippen LogP contribution < -0.4 is 0 Å². The lowest BCUT2D eigenvalue weighted by Crippen LogP contribution is -2.02. The number of carbonyl (C=O) groups excluding carboxylic acids is 2. The van der Waals surface area contributed by atoms with E-state index in [2.05, 4.69) is 0 Å². The van der Waals surface area contributed by atoms with Crippen molar-refractivity contribution in [3.05, 3.63) is 47.5 Å². The molecule has 0 aliphatic rings. The molecule has 0 fully saturated rings. The molecule has 1 rings (SSSR count). The van der Waals surface area contributed by atoms with Crippen LogP contribution in [0.15, 0.2) is 42.0 Å². The standard InChI is InChI=1S/C14H16O2/c1-11(10-15)8-14(9-12(2)16)13-6-4-3-5-7-13/h3-8,10,14H,9H2,1-2H3/b11-8+. The van der Waals surface area contributed by atoms with E-state index in [9.17, 15) is 9.59 Å². The van der Waals surface area contributed by atoms with Gasteiger partial charge in [0.1, 0.15) is 12.1 Å². The van der Waals surface area contributed by atoms with Crippen molar-refractivity contribution >= 4 is 12.1 Å². The highest BCUT2D eigenvalue weighted by atomic mass is 16.1. The largest absolute Gasteiger partial charge is 0.300 e. The van der Waals surface area contributed by atoms with Crippen molar-refractivity contribution in [1.82, 2.24) is 0 Å². The Kier molecular flexibility index (Phi) is 4.65. The van der Waals surface area contributed by atoms with Crippen LogP contribution in [0, 0.1) is 0 Å². The van der Waals surface area contributed by atoms with E-state index in [0.717, 1.165) is 11.8 Å². The molecule has 0 spiro atoms. The van der Waals surface area contributed by atoms with Crippen LogP contribution in [0.25, 0.3) is 0 Å². The molecule has 1 aromatic rings.